The van der Waals surface area contributed by atoms with Crippen LogP contribution >= 0.6 is 0 Å². The third-order valence-electron chi connectivity index (χ3n) is 5.29. The van der Waals surface area contributed by atoms with E-state index in [1.807, 2.05) is 78.9 Å². The molecule has 0 saturated heterocycles. The van der Waals surface area contributed by atoms with Gasteiger partial charge in [0, 0.05) is 13.0 Å². The molecule has 2 N–H and O–H groups in total. The molecule has 1 unspecified atom stereocenters. The summed E-state index contributed by atoms with van der Waals surface area (Å²) in [5.74, 6) is 1.15. The van der Waals surface area contributed by atoms with E-state index in [1.165, 1.54) is 0 Å². The van der Waals surface area contributed by atoms with Crippen molar-refractivity contribution in [2.24, 2.45) is 0 Å². The molecule has 1 atom stereocenters. The lowest BCUT2D eigenvalue weighted by Gasteiger charge is -2.19. The van der Waals surface area contributed by atoms with Gasteiger partial charge in [0.1, 0.15) is 24.1 Å². The summed E-state index contributed by atoms with van der Waals surface area (Å²) < 4.78 is 16.0. The van der Waals surface area contributed by atoms with Crippen molar-refractivity contribution < 1.29 is 23.8 Å². The highest BCUT2D eigenvalue weighted by molar-refractivity contribution is 5.85. The zero-order valence-electron chi connectivity index (χ0n) is 19.5. The molecule has 0 bridgehead atoms. The molecule has 2 amide bonds. The Hall–Kier alpha value is -4.00. The summed E-state index contributed by atoms with van der Waals surface area (Å²) in [6.45, 7) is 0.496. The van der Waals surface area contributed by atoms with E-state index in [2.05, 4.69) is 10.6 Å². The van der Waals surface area contributed by atoms with Crippen molar-refractivity contribution in [3.8, 4) is 11.5 Å². The van der Waals surface area contributed by atoms with E-state index in [9.17, 15) is 9.59 Å². The first-order valence-corrected chi connectivity index (χ1v) is 11.1. The number of nitrogens with one attached hydrogen (secondary N) is 2. The van der Waals surface area contributed by atoms with Crippen LogP contribution in [0.2, 0.25) is 0 Å². The van der Waals surface area contributed by atoms with Crippen LogP contribution in [0, 0.1) is 0 Å². The second-order valence-corrected chi connectivity index (χ2v) is 7.67. The number of carbonyl (C=O) groups excluding carboxylic acids is 2. The molecule has 178 valence electrons. The number of ether oxygens (including phenoxy) is 3. The SMILES string of the molecule is COc1ccc(OC)c(CCNC(=O)C(Cc2ccccc2)NC(=O)OCc2ccccc2)c1. The summed E-state index contributed by atoms with van der Waals surface area (Å²) >= 11 is 0. The molecule has 3 aromatic rings. The molecule has 0 heterocycles. The summed E-state index contributed by atoms with van der Waals surface area (Å²) in [6.07, 6.45) is 0.243. The molecule has 3 rings (SSSR count). The minimum Gasteiger partial charge on any atom is -0.497 e. The maximum atomic E-state index is 13.0. The number of amides is 2. The Morgan fingerprint density at radius 3 is 2.18 bits per heavy atom. The Bertz CT molecular complexity index is 1060. The van der Waals surface area contributed by atoms with Crippen molar-refractivity contribution >= 4 is 12.0 Å². The molecular formula is C27H30N2O5. The first-order valence-electron chi connectivity index (χ1n) is 11.1. The van der Waals surface area contributed by atoms with Crippen molar-refractivity contribution in [2.45, 2.75) is 25.5 Å². The van der Waals surface area contributed by atoms with Crippen LogP contribution in [0.5, 0.6) is 11.5 Å². The fraction of sp³-hybridized carbons (Fsp3) is 0.259. The van der Waals surface area contributed by atoms with E-state index >= 15 is 0 Å². The molecular weight excluding hydrogens is 432 g/mol. The summed E-state index contributed by atoms with van der Waals surface area (Å²) in [5, 5.41) is 5.62. The quantitative estimate of drug-likeness (QED) is 0.451. The molecule has 0 aliphatic heterocycles. The molecule has 0 saturated carbocycles. The van der Waals surface area contributed by atoms with Crippen LogP contribution in [0.1, 0.15) is 16.7 Å². The van der Waals surface area contributed by atoms with E-state index < -0.39 is 12.1 Å². The predicted octanol–water partition coefficient (Wildman–Crippen LogP) is 3.90. The topological polar surface area (TPSA) is 85.9 Å². The summed E-state index contributed by atoms with van der Waals surface area (Å²) in [5.41, 5.74) is 2.71. The fourth-order valence-electron chi connectivity index (χ4n) is 3.49. The van der Waals surface area contributed by atoms with Gasteiger partial charge in [-0.05, 0) is 41.3 Å². The molecule has 0 aromatic heterocycles. The Labute approximate surface area is 200 Å². The molecule has 0 fully saturated rings. The second kappa shape index (κ2) is 12.9. The summed E-state index contributed by atoms with van der Waals surface area (Å²) in [6, 6.07) is 23.7. The molecule has 0 aliphatic rings. The Balaban J connectivity index is 1.60. The summed E-state index contributed by atoms with van der Waals surface area (Å²) in [7, 11) is 3.20. The van der Waals surface area contributed by atoms with Crippen LogP contribution in [0.4, 0.5) is 4.79 Å². The van der Waals surface area contributed by atoms with Gasteiger partial charge >= 0.3 is 6.09 Å². The third kappa shape index (κ3) is 7.55. The number of hydrogen-bond acceptors (Lipinski definition) is 5. The molecule has 7 heteroatoms. The van der Waals surface area contributed by atoms with Gasteiger partial charge in [-0.2, -0.15) is 0 Å². The fourth-order valence-corrected chi connectivity index (χ4v) is 3.49. The van der Waals surface area contributed by atoms with Crippen molar-refractivity contribution in [1.29, 1.82) is 0 Å². The largest absolute Gasteiger partial charge is 0.497 e. The van der Waals surface area contributed by atoms with Gasteiger partial charge in [0.25, 0.3) is 0 Å². The molecule has 0 spiro atoms. The first kappa shape index (κ1) is 24.6. The number of benzene rings is 3. The minimum absolute atomic E-state index is 0.127. The van der Waals surface area contributed by atoms with E-state index in [0.717, 1.165) is 22.4 Å². The van der Waals surface area contributed by atoms with Gasteiger partial charge in [0.05, 0.1) is 14.2 Å². The maximum Gasteiger partial charge on any atom is 0.408 e. The highest BCUT2D eigenvalue weighted by atomic mass is 16.5. The molecule has 7 nitrogen and oxygen atoms in total. The van der Waals surface area contributed by atoms with E-state index in [1.54, 1.807) is 14.2 Å². The summed E-state index contributed by atoms with van der Waals surface area (Å²) in [4.78, 5) is 25.4. The molecule has 3 aromatic carbocycles. The average molecular weight is 463 g/mol. The first-order chi connectivity index (χ1) is 16.6. The molecule has 0 aliphatic carbocycles. The lowest BCUT2D eigenvalue weighted by Crippen LogP contribution is -2.48. The van der Waals surface area contributed by atoms with Gasteiger partial charge in [-0.25, -0.2) is 4.79 Å². The molecule has 34 heavy (non-hydrogen) atoms. The van der Waals surface area contributed by atoms with Crippen LogP contribution in [-0.2, 0) is 29.0 Å². The monoisotopic (exact) mass is 462 g/mol. The Morgan fingerprint density at radius 2 is 1.53 bits per heavy atom. The average Bonchev–Trinajstić information content (AvgIpc) is 2.88. The Morgan fingerprint density at radius 1 is 0.853 bits per heavy atom. The van der Waals surface area contributed by atoms with Crippen LogP contribution < -0.4 is 20.1 Å². The number of carbonyl (C=O) groups is 2. The van der Waals surface area contributed by atoms with E-state index in [0.29, 0.717) is 25.1 Å². The number of methoxy groups -OCH3 is 2. The van der Waals surface area contributed by atoms with E-state index in [-0.39, 0.29) is 12.5 Å². The lowest BCUT2D eigenvalue weighted by molar-refractivity contribution is -0.123. The third-order valence-corrected chi connectivity index (χ3v) is 5.29. The van der Waals surface area contributed by atoms with Gasteiger partial charge in [0.2, 0.25) is 5.91 Å². The highest BCUT2D eigenvalue weighted by Crippen LogP contribution is 2.24. The highest BCUT2D eigenvalue weighted by Gasteiger charge is 2.22. The van der Waals surface area contributed by atoms with Gasteiger partial charge in [-0.1, -0.05) is 60.7 Å². The predicted molar refractivity (Wildman–Crippen MR) is 130 cm³/mol. The normalized spacial score (nSPS) is 11.2. The van der Waals surface area contributed by atoms with Crippen molar-refractivity contribution in [2.75, 3.05) is 20.8 Å². The number of rotatable bonds is 11. The zero-order chi connectivity index (χ0) is 24.2. The van der Waals surface area contributed by atoms with Gasteiger partial charge in [0.15, 0.2) is 0 Å². The van der Waals surface area contributed by atoms with Crippen LogP contribution in [0.15, 0.2) is 78.9 Å². The Kier molecular flexibility index (Phi) is 9.34. The van der Waals surface area contributed by atoms with Crippen LogP contribution in [-0.4, -0.2) is 38.8 Å². The minimum atomic E-state index is -0.780. The van der Waals surface area contributed by atoms with E-state index in [4.69, 9.17) is 14.2 Å². The smallest absolute Gasteiger partial charge is 0.408 e. The van der Waals surface area contributed by atoms with Crippen molar-refractivity contribution in [1.82, 2.24) is 10.6 Å². The van der Waals surface area contributed by atoms with Gasteiger partial charge < -0.3 is 24.8 Å². The second-order valence-electron chi connectivity index (χ2n) is 7.67. The van der Waals surface area contributed by atoms with Crippen molar-refractivity contribution in [3.05, 3.63) is 95.6 Å². The molecule has 0 radical (unpaired) electrons. The number of alkyl carbamates (subject to hydrolysis) is 1. The van der Waals surface area contributed by atoms with Gasteiger partial charge in [-0.15, -0.1) is 0 Å². The van der Waals surface area contributed by atoms with Crippen LogP contribution in [0.25, 0.3) is 0 Å². The van der Waals surface area contributed by atoms with Gasteiger partial charge in [-0.3, -0.25) is 4.79 Å². The number of hydrogen-bond donors (Lipinski definition) is 2. The van der Waals surface area contributed by atoms with Crippen LogP contribution in [0.3, 0.4) is 0 Å². The lowest BCUT2D eigenvalue weighted by atomic mass is 10.1. The maximum absolute atomic E-state index is 13.0. The standard InChI is InChI=1S/C27H30N2O5/c1-32-23-13-14-25(33-2)22(18-23)15-16-28-26(30)24(17-20-9-5-3-6-10-20)29-27(31)34-19-21-11-7-4-8-12-21/h3-14,18,24H,15-17,19H2,1-2H3,(H,28,30)(H,29,31). The van der Waals surface area contributed by atoms with Crippen molar-refractivity contribution in [3.63, 3.8) is 0 Å². The zero-order valence-corrected chi connectivity index (χ0v) is 19.5.